The van der Waals surface area contributed by atoms with Crippen molar-refractivity contribution < 1.29 is 14.0 Å². The van der Waals surface area contributed by atoms with Gasteiger partial charge in [-0.05, 0) is 31.0 Å². The molecule has 2 aromatic rings. The molecule has 5 nitrogen and oxygen atoms in total. The summed E-state index contributed by atoms with van der Waals surface area (Å²) < 4.78 is 4.97. The van der Waals surface area contributed by atoms with Crippen molar-refractivity contribution in [2.24, 2.45) is 5.41 Å². The monoisotopic (exact) mass is 310 g/mol. The fraction of sp³-hybridized carbons (Fsp3) is 0.333. The maximum atomic E-state index is 12.7. The fourth-order valence-electron chi connectivity index (χ4n) is 3.53. The van der Waals surface area contributed by atoms with Gasteiger partial charge < -0.3 is 14.2 Å². The number of furan rings is 1. The minimum absolute atomic E-state index is 0.0136. The Balaban J connectivity index is 1.41. The van der Waals surface area contributed by atoms with Crippen LogP contribution in [0.5, 0.6) is 0 Å². The normalized spacial score (nSPS) is 19.7. The fourth-order valence-corrected chi connectivity index (χ4v) is 3.53. The van der Waals surface area contributed by atoms with Crippen molar-refractivity contribution in [3.8, 4) is 0 Å². The van der Waals surface area contributed by atoms with Crippen LogP contribution in [0, 0.1) is 5.41 Å². The van der Waals surface area contributed by atoms with Crippen molar-refractivity contribution in [2.45, 2.75) is 12.8 Å². The zero-order valence-corrected chi connectivity index (χ0v) is 12.8. The Morgan fingerprint density at radius 2 is 1.83 bits per heavy atom. The van der Waals surface area contributed by atoms with Crippen LogP contribution in [-0.2, 0) is 4.79 Å². The zero-order chi connectivity index (χ0) is 15.9. The van der Waals surface area contributed by atoms with Gasteiger partial charge in [0.2, 0.25) is 5.91 Å². The molecule has 2 aliphatic heterocycles. The number of β-lactam (4-membered cyclic amide) rings is 1. The molecule has 0 atom stereocenters. The van der Waals surface area contributed by atoms with E-state index < -0.39 is 0 Å². The number of piperidine rings is 1. The number of rotatable bonds is 2. The number of hydrogen-bond acceptors (Lipinski definition) is 3. The van der Waals surface area contributed by atoms with E-state index in [0.717, 1.165) is 25.1 Å². The maximum absolute atomic E-state index is 12.7. The van der Waals surface area contributed by atoms with Gasteiger partial charge in [-0.1, -0.05) is 18.2 Å². The molecular formula is C18H18N2O3. The summed E-state index contributed by atoms with van der Waals surface area (Å²) in [5, 5.41) is 0. The van der Waals surface area contributed by atoms with Gasteiger partial charge in [-0.3, -0.25) is 9.59 Å². The Labute approximate surface area is 134 Å². The van der Waals surface area contributed by atoms with Gasteiger partial charge in [-0.15, -0.1) is 0 Å². The van der Waals surface area contributed by atoms with Crippen LogP contribution in [0.15, 0.2) is 53.3 Å². The second kappa shape index (κ2) is 5.26. The number of amides is 2. The quantitative estimate of drug-likeness (QED) is 0.801. The second-order valence-corrected chi connectivity index (χ2v) is 6.31. The van der Waals surface area contributed by atoms with E-state index in [2.05, 4.69) is 0 Å². The predicted octanol–water partition coefficient (Wildman–Crippen LogP) is 2.55. The van der Waals surface area contributed by atoms with Crippen molar-refractivity contribution in [1.82, 2.24) is 4.90 Å². The molecule has 118 valence electrons. The van der Waals surface area contributed by atoms with Crippen LogP contribution in [0.25, 0.3) is 0 Å². The van der Waals surface area contributed by atoms with E-state index in [1.165, 1.54) is 12.5 Å². The molecule has 2 saturated heterocycles. The highest BCUT2D eigenvalue weighted by molar-refractivity contribution is 6.04. The molecule has 0 saturated carbocycles. The Morgan fingerprint density at radius 1 is 1.09 bits per heavy atom. The Morgan fingerprint density at radius 3 is 2.43 bits per heavy atom. The molecular weight excluding hydrogens is 292 g/mol. The number of benzene rings is 1. The molecule has 23 heavy (non-hydrogen) atoms. The van der Waals surface area contributed by atoms with Crippen molar-refractivity contribution in [3.63, 3.8) is 0 Å². The molecule has 1 aromatic carbocycles. The summed E-state index contributed by atoms with van der Waals surface area (Å²) in [7, 11) is 0. The van der Waals surface area contributed by atoms with Crippen LogP contribution in [0.1, 0.15) is 23.2 Å². The van der Waals surface area contributed by atoms with Crippen LogP contribution < -0.4 is 4.90 Å². The third kappa shape index (κ3) is 2.23. The van der Waals surface area contributed by atoms with Gasteiger partial charge in [0.15, 0.2) is 0 Å². The first-order valence-corrected chi connectivity index (χ1v) is 7.88. The smallest absolute Gasteiger partial charge is 0.257 e. The van der Waals surface area contributed by atoms with Crippen molar-refractivity contribution in [3.05, 3.63) is 54.5 Å². The van der Waals surface area contributed by atoms with Gasteiger partial charge in [-0.2, -0.15) is 0 Å². The van der Waals surface area contributed by atoms with Crippen LogP contribution >= 0.6 is 0 Å². The van der Waals surface area contributed by atoms with Gasteiger partial charge in [0.05, 0.1) is 17.2 Å². The molecule has 3 heterocycles. The summed E-state index contributed by atoms with van der Waals surface area (Å²) in [6.07, 6.45) is 4.45. The number of likely N-dealkylation sites (tertiary alicyclic amines) is 1. The molecule has 0 N–H and O–H groups in total. The number of carbonyl (C=O) groups excluding carboxylic acids is 2. The minimum Gasteiger partial charge on any atom is -0.472 e. The molecule has 2 aliphatic rings. The van der Waals surface area contributed by atoms with E-state index in [1.807, 2.05) is 40.1 Å². The SMILES string of the molecule is O=C(c1ccoc1)N1CCC2(CC1)CN(c1ccccc1)C2=O. The molecule has 1 spiro atoms. The van der Waals surface area contributed by atoms with Crippen molar-refractivity contribution in [2.75, 3.05) is 24.5 Å². The molecule has 0 bridgehead atoms. The van der Waals surface area contributed by atoms with Gasteiger partial charge in [0.1, 0.15) is 6.26 Å². The van der Waals surface area contributed by atoms with E-state index in [0.29, 0.717) is 18.7 Å². The molecule has 0 aliphatic carbocycles. The molecule has 4 rings (SSSR count). The largest absolute Gasteiger partial charge is 0.472 e. The van der Waals surface area contributed by atoms with Gasteiger partial charge in [0, 0.05) is 25.3 Å². The number of para-hydroxylation sites is 1. The topological polar surface area (TPSA) is 53.8 Å². The highest BCUT2D eigenvalue weighted by Crippen LogP contribution is 2.43. The first kappa shape index (κ1) is 14.1. The lowest BCUT2D eigenvalue weighted by Crippen LogP contribution is -2.65. The molecule has 1 aromatic heterocycles. The van der Waals surface area contributed by atoms with Crippen LogP contribution in [-0.4, -0.2) is 36.3 Å². The average Bonchev–Trinajstić information content (AvgIpc) is 3.14. The maximum Gasteiger partial charge on any atom is 0.257 e. The van der Waals surface area contributed by atoms with Crippen LogP contribution in [0.3, 0.4) is 0 Å². The number of nitrogens with zero attached hydrogens (tertiary/aromatic N) is 2. The molecule has 5 heteroatoms. The lowest BCUT2D eigenvalue weighted by Gasteiger charge is -2.52. The minimum atomic E-state index is -0.275. The molecule has 0 unspecified atom stereocenters. The van der Waals surface area contributed by atoms with E-state index in [-0.39, 0.29) is 17.2 Å². The summed E-state index contributed by atoms with van der Waals surface area (Å²) in [4.78, 5) is 28.6. The van der Waals surface area contributed by atoms with E-state index in [9.17, 15) is 9.59 Å². The molecule has 2 fully saturated rings. The molecule has 2 amide bonds. The van der Waals surface area contributed by atoms with Gasteiger partial charge >= 0.3 is 0 Å². The zero-order valence-electron chi connectivity index (χ0n) is 12.8. The standard InChI is InChI=1S/C18H18N2O3/c21-16(14-6-11-23-12-14)19-9-7-18(8-10-19)13-20(17(18)22)15-4-2-1-3-5-15/h1-6,11-12H,7-10,13H2. The Bertz CT molecular complexity index is 716. The Kier molecular flexibility index (Phi) is 3.22. The Hall–Kier alpha value is -2.56. The average molecular weight is 310 g/mol. The first-order chi connectivity index (χ1) is 11.2. The van der Waals surface area contributed by atoms with E-state index >= 15 is 0 Å². The number of hydrogen-bond donors (Lipinski definition) is 0. The van der Waals surface area contributed by atoms with E-state index in [4.69, 9.17) is 4.42 Å². The highest BCUT2D eigenvalue weighted by atomic mass is 16.3. The predicted molar refractivity (Wildman–Crippen MR) is 85.1 cm³/mol. The second-order valence-electron chi connectivity index (χ2n) is 6.31. The third-order valence-corrected chi connectivity index (χ3v) is 5.00. The lowest BCUT2D eigenvalue weighted by molar-refractivity contribution is -0.138. The lowest BCUT2D eigenvalue weighted by atomic mass is 9.70. The van der Waals surface area contributed by atoms with Crippen molar-refractivity contribution >= 4 is 17.5 Å². The summed E-state index contributed by atoms with van der Waals surface area (Å²) in [6, 6.07) is 11.4. The third-order valence-electron chi connectivity index (χ3n) is 5.00. The number of anilines is 1. The van der Waals surface area contributed by atoms with Crippen LogP contribution in [0.4, 0.5) is 5.69 Å². The van der Waals surface area contributed by atoms with E-state index in [1.54, 1.807) is 6.07 Å². The summed E-state index contributed by atoms with van der Waals surface area (Å²) in [5.41, 5.74) is 1.26. The van der Waals surface area contributed by atoms with Crippen molar-refractivity contribution in [1.29, 1.82) is 0 Å². The highest BCUT2D eigenvalue weighted by Gasteiger charge is 2.53. The van der Waals surface area contributed by atoms with Gasteiger partial charge in [-0.25, -0.2) is 0 Å². The summed E-state index contributed by atoms with van der Waals surface area (Å²) >= 11 is 0. The van der Waals surface area contributed by atoms with Gasteiger partial charge in [0.25, 0.3) is 5.91 Å². The summed E-state index contributed by atoms with van der Waals surface area (Å²) in [6.45, 7) is 2.00. The van der Waals surface area contributed by atoms with Crippen LogP contribution in [0.2, 0.25) is 0 Å². The molecule has 0 radical (unpaired) electrons. The number of carbonyl (C=O) groups is 2. The first-order valence-electron chi connectivity index (χ1n) is 7.88. The summed E-state index contributed by atoms with van der Waals surface area (Å²) in [5.74, 6) is 0.180.